The van der Waals surface area contributed by atoms with E-state index in [-0.39, 0.29) is 0 Å². The van der Waals surface area contributed by atoms with Crippen molar-refractivity contribution in [2.24, 2.45) is 17.8 Å². The number of carbonyl (C=O) groups is 1. The van der Waals surface area contributed by atoms with Crippen molar-refractivity contribution in [3.05, 3.63) is 12.4 Å². The third kappa shape index (κ3) is 32.0. The van der Waals surface area contributed by atoms with E-state index >= 15 is 0 Å². The van der Waals surface area contributed by atoms with E-state index in [2.05, 4.69) is 82.6 Å². The lowest BCUT2D eigenvalue weighted by molar-refractivity contribution is -0.130. The van der Waals surface area contributed by atoms with Gasteiger partial charge in [0.2, 0.25) is 0 Å². The third-order valence-electron chi connectivity index (χ3n) is 7.79. The summed E-state index contributed by atoms with van der Waals surface area (Å²) in [7, 11) is 2.16. The molecule has 0 saturated carbocycles. The standard InChI is InChI=1S/C20H41N3.C12H24O2.3C2H6/c1-5-7-9-10-12-15-22(14-11-8-6-2)16-13-17-23-19-18-21(4)20(23)3;1-10(2)6-5-7-12(11(3)4)8-14-9-13;3*1-2/h18-20H,5-17H2,1-4H3;9-12H,5-8H2,1-4H3;3*1-2H3. The minimum atomic E-state index is 0.526. The Labute approximate surface area is 273 Å². The van der Waals surface area contributed by atoms with Crippen molar-refractivity contribution in [1.82, 2.24) is 14.7 Å². The predicted molar refractivity (Wildman–Crippen MR) is 195 cm³/mol. The first-order valence-corrected chi connectivity index (χ1v) is 18.7. The molecule has 2 atom stereocenters. The molecule has 0 aromatic carbocycles. The van der Waals surface area contributed by atoms with Crippen molar-refractivity contribution >= 4 is 6.47 Å². The number of unbranched alkanes of at least 4 members (excludes halogenated alkanes) is 6. The van der Waals surface area contributed by atoms with E-state index < -0.39 is 0 Å². The van der Waals surface area contributed by atoms with Crippen molar-refractivity contribution in [2.75, 3.05) is 39.8 Å². The lowest BCUT2D eigenvalue weighted by atomic mass is 9.90. The summed E-state index contributed by atoms with van der Waals surface area (Å²) >= 11 is 0. The number of nitrogens with zero attached hydrogens (tertiary/aromatic N) is 3. The van der Waals surface area contributed by atoms with Gasteiger partial charge in [-0.25, -0.2) is 0 Å². The maximum Gasteiger partial charge on any atom is 0.293 e. The Morgan fingerprint density at radius 1 is 0.744 bits per heavy atom. The van der Waals surface area contributed by atoms with Crippen LogP contribution >= 0.6 is 0 Å². The average molecular weight is 614 g/mol. The van der Waals surface area contributed by atoms with Gasteiger partial charge in [-0.2, -0.15) is 0 Å². The molecular weight excluding hydrogens is 530 g/mol. The highest BCUT2D eigenvalue weighted by Gasteiger charge is 2.18. The van der Waals surface area contributed by atoms with Gasteiger partial charge in [-0.05, 0) is 70.0 Å². The summed E-state index contributed by atoms with van der Waals surface area (Å²) in [6, 6.07) is 0. The first-order chi connectivity index (χ1) is 20.8. The topological polar surface area (TPSA) is 36.0 Å². The van der Waals surface area contributed by atoms with Crippen LogP contribution < -0.4 is 0 Å². The first kappa shape index (κ1) is 48.7. The Bertz CT molecular complexity index is 539. The molecule has 1 heterocycles. The summed E-state index contributed by atoms with van der Waals surface area (Å²) in [5.74, 6) is 1.90. The molecule has 0 saturated heterocycles. The highest BCUT2D eigenvalue weighted by molar-refractivity contribution is 5.36. The van der Waals surface area contributed by atoms with Crippen LogP contribution in [-0.2, 0) is 9.53 Å². The second-order valence-corrected chi connectivity index (χ2v) is 11.9. The number of hydrogen-bond donors (Lipinski definition) is 0. The summed E-state index contributed by atoms with van der Waals surface area (Å²) in [5, 5.41) is 0. The molecule has 5 nitrogen and oxygen atoms in total. The normalized spacial score (nSPS) is 14.2. The molecule has 262 valence electrons. The van der Waals surface area contributed by atoms with Crippen molar-refractivity contribution in [3.63, 3.8) is 0 Å². The second-order valence-electron chi connectivity index (χ2n) is 11.9. The van der Waals surface area contributed by atoms with Gasteiger partial charge in [0.05, 0.1) is 12.8 Å². The Kier molecular flexibility index (Phi) is 43.9. The average Bonchev–Trinajstić information content (AvgIpc) is 3.34. The zero-order valence-electron chi connectivity index (χ0n) is 32.2. The number of rotatable bonds is 22. The molecule has 2 unspecified atom stereocenters. The first-order valence-electron chi connectivity index (χ1n) is 18.7. The molecule has 0 aliphatic carbocycles. The second kappa shape index (κ2) is 38.8. The van der Waals surface area contributed by atoms with Crippen molar-refractivity contribution in [3.8, 4) is 0 Å². The van der Waals surface area contributed by atoms with Gasteiger partial charge in [0.15, 0.2) is 0 Å². The molecule has 1 aliphatic heterocycles. The molecule has 0 bridgehead atoms. The summed E-state index contributed by atoms with van der Waals surface area (Å²) in [5.41, 5.74) is 0. The Hall–Kier alpha value is -1.23. The van der Waals surface area contributed by atoms with Gasteiger partial charge in [-0.3, -0.25) is 4.79 Å². The van der Waals surface area contributed by atoms with Gasteiger partial charge >= 0.3 is 0 Å². The van der Waals surface area contributed by atoms with Gasteiger partial charge < -0.3 is 19.4 Å². The lowest BCUT2D eigenvalue weighted by Gasteiger charge is -2.28. The Morgan fingerprint density at radius 2 is 1.26 bits per heavy atom. The number of hydrogen-bond acceptors (Lipinski definition) is 5. The molecule has 1 rings (SSSR count). The van der Waals surface area contributed by atoms with E-state index in [4.69, 9.17) is 4.74 Å². The summed E-state index contributed by atoms with van der Waals surface area (Å²) < 4.78 is 4.83. The molecule has 0 fully saturated rings. The summed E-state index contributed by atoms with van der Waals surface area (Å²) in [4.78, 5) is 17.6. The van der Waals surface area contributed by atoms with Gasteiger partial charge in [0, 0.05) is 26.0 Å². The van der Waals surface area contributed by atoms with Crippen LogP contribution in [0.25, 0.3) is 0 Å². The van der Waals surface area contributed by atoms with Gasteiger partial charge in [0.1, 0.15) is 0 Å². The van der Waals surface area contributed by atoms with Crippen LogP contribution in [0.4, 0.5) is 0 Å². The minimum absolute atomic E-state index is 0.526. The van der Waals surface area contributed by atoms with Crippen LogP contribution in [0.5, 0.6) is 0 Å². The zero-order valence-corrected chi connectivity index (χ0v) is 32.2. The highest BCUT2D eigenvalue weighted by Crippen LogP contribution is 2.20. The SMILES string of the molecule is CC.CC.CC.CC(C)CCCC(COC=O)C(C)C.CCCCCCCN(CCCCC)CCCN1C=CN(C)C1C. The van der Waals surface area contributed by atoms with E-state index in [1.165, 1.54) is 103 Å². The van der Waals surface area contributed by atoms with E-state index in [9.17, 15) is 4.79 Å². The van der Waals surface area contributed by atoms with Crippen LogP contribution in [0.1, 0.15) is 167 Å². The Morgan fingerprint density at radius 3 is 1.72 bits per heavy atom. The fraction of sp³-hybridized carbons (Fsp3) is 0.921. The van der Waals surface area contributed by atoms with E-state index in [1.807, 2.05) is 41.5 Å². The van der Waals surface area contributed by atoms with E-state index in [0.717, 1.165) is 5.92 Å². The fourth-order valence-corrected chi connectivity index (χ4v) is 4.83. The number of carbonyl (C=O) groups excluding carboxylic acids is 1. The van der Waals surface area contributed by atoms with Crippen LogP contribution in [0.15, 0.2) is 12.4 Å². The molecule has 1 aliphatic rings. The van der Waals surface area contributed by atoms with Crippen molar-refractivity contribution in [1.29, 1.82) is 0 Å². The maximum atomic E-state index is 10.1. The molecule has 5 heteroatoms. The molecule has 43 heavy (non-hydrogen) atoms. The van der Waals surface area contributed by atoms with Crippen LogP contribution in [-0.4, -0.2) is 67.2 Å². The maximum absolute atomic E-state index is 10.1. The van der Waals surface area contributed by atoms with Gasteiger partial charge in [-0.15, -0.1) is 0 Å². The Balaban J connectivity index is -0.000000326. The monoisotopic (exact) mass is 614 g/mol. The predicted octanol–water partition coefficient (Wildman–Crippen LogP) is 11.2. The van der Waals surface area contributed by atoms with E-state index in [1.54, 1.807) is 0 Å². The van der Waals surface area contributed by atoms with Gasteiger partial charge in [-0.1, -0.05) is 134 Å². The van der Waals surface area contributed by atoms with Crippen molar-refractivity contribution in [2.45, 2.75) is 173 Å². The smallest absolute Gasteiger partial charge is 0.293 e. The number of ether oxygens (including phenoxy) is 1. The lowest BCUT2D eigenvalue weighted by Crippen LogP contribution is -2.36. The van der Waals surface area contributed by atoms with Crippen LogP contribution in [0, 0.1) is 17.8 Å². The highest BCUT2D eigenvalue weighted by atomic mass is 16.5. The zero-order chi connectivity index (χ0) is 33.9. The van der Waals surface area contributed by atoms with Crippen LogP contribution in [0.3, 0.4) is 0 Å². The van der Waals surface area contributed by atoms with Crippen molar-refractivity contribution < 1.29 is 9.53 Å². The van der Waals surface area contributed by atoms with Crippen LogP contribution in [0.2, 0.25) is 0 Å². The summed E-state index contributed by atoms with van der Waals surface area (Å²) in [6.45, 7) is 33.9. The largest absolute Gasteiger partial charge is 0.468 e. The molecule has 0 aromatic heterocycles. The molecule has 0 N–H and O–H groups in total. The van der Waals surface area contributed by atoms with E-state index in [0.29, 0.717) is 31.1 Å². The fourth-order valence-electron chi connectivity index (χ4n) is 4.83. The quantitative estimate of drug-likeness (QED) is 0.0896. The third-order valence-corrected chi connectivity index (χ3v) is 7.79. The molecule has 0 amide bonds. The molecule has 0 radical (unpaired) electrons. The van der Waals surface area contributed by atoms with Gasteiger partial charge in [0.25, 0.3) is 6.47 Å². The molecule has 0 spiro atoms. The molecule has 0 aromatic rings. The summed E-state index contributed by atoms with van der Waals surface area (Å²) in [6.07, 6.45) is 21.0. The minimum Gasteiger partial charge on any atom is -0.468 e. The molecular formula is C38H83N3O2.